The zero-order chi connectivity index (χ0) is 10.4. The lowest BCUT2D eigenvalue weighted by Crippen LogP contribution is -2.52. The molecule has 78 valence electrons. The molecule has 1 unspecified atom stereocenters. The monoisotopic (exact) mass is 196 g/mol. The number of terminal acetylenes is 1. The molecule has 0 aromatic carbocycles. The molecule has 1 saturated heterocycles. The van der Waals surface area contributed by atoms with Crippen LogP contribution in [0.2, 0.25) is 0 Å². The van der Waals surface area contributed by atoms with Crippen LogP contribution in [0.4, 0.5) is 0 Å². The number of nitrogens with zero attached hydrogens (tertiary/aromatic N) is 1. The van der Waals surface area contributed by atoms with Crippen LogP contribution < -0.4 is 5.32 Å². The largest absolute Gasteiger partial charge is 0.378 e. The predicted molar refractivity (Wildman–Crippen MR) is 53.7 cm³/mol. The van der Waals surface area contributed by atoms with Crippen LogP contribution in [0.3, 0.4) is 0 Å². The first kappa shape index (κ1) is 11.0. The predicted octanol–water partition coefficient (Wildman–Crippen LogP) is -0.543. The molecule has 0 aromatic rings. The molecule has 4 nitrogen and oxygen atoms in total. The number of carbonyl (C=O) groups excluding carboxylic acids is 1. The molecule has 0 aromatic heterocycles. The Bertz CT molecular complexity index is 229. The van der Waals surface area contributed by atoms with E-state index in [1.54, 1.807) is 4.90 Å². The van der Waals surface area contributed by atoms with Gasteiger partial charge in [0.25, 0.3) is 0 Å². The van der Waals surface area contributed by atoms with Gasteiger partial charge in [0, 0.05) is 13.1 Å². The van der Waals surface area contributed by atoms with Crippen LogP contribution in [-0.4, -0.2) is 49.7 Å². The number of hydrogen-bond donors (Lipinski definition) is 1. The smallest absolute Gasteiger partial charge is 0.242 e. The van der Waals surface area contributed by atoms with Crippen LogP contribution in [0.1, 0.15) is 6.92 Å². The summed E-state index contributed by atoms with van der Waals surface area (Å²) in [4.78, 5) is 13.5. The normalized spacial score (nSPS) is 21.3. The van der Waals surface area contributed by atoms with E-state index in [0.717, 1.165) is 6.54 Å². The van der Waals surface area contributed by atoms with Crippen molar-refractivity contribution in [1.29, 1.82) is 0 Å². The highest BCUT2D eigenvalue weighted by Crippen LogP contribution is 1.99. The molecule has 1 heterocycles. The second-order valence-electron chi connectivity index (χ2n) is 3.14. The van der Waals surface area contributed by atoms with Crippen molar-refractivity contribution in [3.05, 3.63) is 0 Å². The summed E-state index contributed by atoms with van der Waals surface area (Å²) in [6, 6.07) is -0.225. The second-order valence-corrected chi connectivity index (χ2v) is 3.14. The van der Waals surface area contributed by atoms with Gasteiger partial charge in [-0.2, -0.15) is 0 Å². The Morgan fingerprint density at radius 3 is 3.07 bits per heavy atom. The van der Waals surface area contributed by atoms with E-state index in [0.29, 0.717) is 26.3 Å². The third-order valence-electron chi connectivity index (χ3n) is 2.20. The fourth-order valence-corrected chi connectivity index (χ4v) is 1.40. The summed E-state index contributed by atoms with van der Waals surface area (Å²) in [7, 11) is 0. The average molecular weight is 196 g/mol. The van der Waals surface area contributed by atoms with Gasteiger partial charge < -0.3 is 15.0 Å². The lowest BCUT2D eigenvalue weighted by atomic mass is 10.2. The van der Waals surface area contributed by atoms with E-state index >= 15 is 0 Å². The van der Waals surface area contributed by atoms with Crippen LogP contribution in [0.15, 0.2) is 0 Å². The summed E-state index contributed by atoms with van der Waals surface area (Å²) in [6.07, 6.45) is 5.18. The van der Waals surface area contributed by atoms with Crippen LogP contribution in [-0.2, 0) is 9.53 Å². The number of likely N-dealkylation sites (N-methyl/N-ethyl adjacent to an activating group) is 1. The Balaban J connectivity index is 2.48. The summed E-state index contributed by atoms with van der Waals surface area (Å²) in [5.74, 6) is 2.51. The number of ether oxygens (including phenoxy) is 1. The van der Waals surface area contributed by atoms with Crippen LogP contribution >= 0.6 is 0 Å². The maximum atomic E-state index is 11.8. The standard InChI is InChI=1S/C10H16N2O2/c1-3-6-12(4-2)10(13)9-8-14-7-5-11-9/h1,9,11H,4-8H2,2H3. The minimum absolute atomic E-state index is 0.0325. The molecule has 0 radical (unpaired) electrons. The maximum absolute atomic E-state index is 11.8. The molecule has 0 spiro atoms. The third-order valence-corrected chi connectivity index (χ3v) is 2.20. The van der Waals surface area contributed by atoms with Gasteiger partial charge in [0.1, 0.15) is 6.04 Å². The quantitative estimate of drug-likeness (QED) is 0.616. The molecule has 1 aliphatic rings. The summed E-state index contributed by atoms with van der Waals surface area (Å²) in [5.41, 5.74) is 0. The molecule has 0 bridgehead atoms. The third kappa shape index (κ3) is 2.72. The van der Waals surface area contributed by atoms with Gasteiger partial charge >= 0.3 is 0 Å². The van der Waals surface area contributed by atoms with E-state index in [4.69, 9.17) is 11.2 Å². The number of carbonyl (C=O) groups is 1. The van der Waals surface area contributed by atoms with Crippen molar-refractivity contribution in [2.75, 3.05) is 32.8 Å². The molecule has 1 rings (SSSR count). The molecule has 1 aliphatic heterocycles. The minimum Gasteiger partial charge on any atom is -0.378 e. The van der Waals surface area contributed by atoms with Gasteiger partial charge in [-0.05, 0) is 6.92 Å². The van der Waals surface area contributed by atoms with Gasteiger partial charge in [0.15, 0.2) is 0 Å². The Hall–Kier alpha value is -1.05. The first-order chi connectivity index (χ1) is 6.79. The van der Waals surface area contributed by atoms with Crippen molar-refractivity contribution in [3.8, 4) is 12.3 Å². The fourth-order valence-electron chi connectivity index (χ4n) is 1.40. The van der Waals surface area contributed by atoms with Gasteiger partial charge in [-0.3, -0.25) is 4.79 Å². The van der Waals surface area contributed by atoms with Crippen molar-refractivity contribution in [1.82, 2.24) is 10.2 Å². The number of amides is 1. The van der Waals surface area contributed by atoms with Gasteiger partial charge in [-0.25, -0.2) is 0 Å². The van der Waals surface area contributed by atoms with Crippen molar-refractivity contribution >= 4 is 5.91 Å². The SMILES string of the molecule is C#CCN(CC)C(=O)C1COCCN1. The summed E-state index contributed by atoms with van der Waals surface area (Å²) < 4.78 is 5.21. The van der Waals surface area contributed by atoms with Crippen molar-refractivity contribution < 1.29 is 9.53 Å². The summed E-state index contributed by atoms with van der Waals surface area (Å²) in [6.45, 7) is 4.77. The maximum Gasteiger partial charge on any atom is 0.242 e. The van der Waals surface area contributed by atoms with Crippen molar-refractivity contribution in [3.63, 3.8) is 0 Å². The second kappa shape index (κ2) is 5.63. The molecule has 0 aliphatic carbocycles. The van der Waals surface area contributed by atoms with Crippen LogP contribution in [0.5, 0.6) is 0 Å². The van der Waals surface area contributed by atoms with E-state index in [9.17, 15) is 4.79 Å². The highest BCUT2D eigenvalue weighted by molar-refractivity contribution is 5.82. The highest BCUT2D eigenvalue weighted by Gasteiger charge is 2.24. The van der Waals surface area contributed by atoms with Crippen molar-refractivity contribution in [2.24, 2.45) is 0 Å². The zero-order valence-corrected chi connectivity index (χ0v) is 8.45. The Morgan fingerprint density at radius 2 is 2.57 bits per heavy atom. The molecule has 14 heavy (non-hydrogen) atoms. The molecule has 0 saturated carbocycles. The Kier molecular flexibility index (Phi) is 4.44. The zero-order valence-electron chi connectivity index (χ0n) is 8.45. The lowest BCUT2D eigenvalue weighted by molar-refractivity contribution is -0.135. The fraction of sp³-hybridized carbons (Fsp3) is 0.700. The lowest BCUT2D eigenvalue weighted by Gasteiger charge is -2.28. The molecular weight excluding hydrogens is 180 g/mol. The van der Waals surface area contributed by atoms with Crippen molar-refractivity contribution in [2.45, 2.75) is 13.0 Å². The Morgan fingerprint density at radius 1 is 1.79 bits per heavy atom. The van der Waals surface area contributed by atoms with E-state index < -0.39 is 0 Å². The van der Waals surface area contributed by atoms with E-state index in [-0.39, 0.29) is 11.9 Å². The van der Waals surface area contributed by atoms with Gasteiger partial charge in [-0.15, -0.1) is 6.42 Å². The average Bonchev–Trinajstić information content (AvgIpc) is 2.26. The molecule has 1 amide bonds. The van der Waals surface area contributed by atoms with Gasteiger partial charge in [0.05, 0.1) is 19.8 Å². The topological polar surface area (TPSA) is 41.6 Å². The Labute approximate surface area is 84.6 Å². The molecule has 1 fully saturated rings. The highest BCUT2D eigenvalue weighted by atomic mass is 16.5. The summed E-state index contributed by atoms with van der Waals surface area (Å²) in [5, 5.41) is 3.11. The van der Waals surface area contributed by atoms with Gasteiger partial charge in [0.2, 0.25) is 5.91 Å². The molecular formula is C10H16N2O2. The molecule has 1 atom stereocenters. The first-order valence-corrected chi connectivity index (χ1v) is 4.83. The first-order valence-electron chi connectivity index (χ1n) is 4.83. The summed E-state index contributed by atoms with van der Waals surface area (Å²) >= 11 is 0. The van der Waals surface area contributed by atoms with Crippen LogP contribution in [0, 0.1) is 12.3 Å². The van der Waals surface area contributed by atoms with E-state index in [2.05, 4.69) is 11.2 Å². The number of rotatable bonds is 3. The van der Waals surface area contributed by atoms with E-state index in [1.165, 1.54) is 0 Å². The molecule has 4 heteroatoms. The van der Waals surface area contributed by atoms with Crippen LogP contribution in [0.25, 0.3) is 0 Å². The number of nitrogens with one attached hydrogen (secondary N) is 1. The number of hydrogen-bond acceptors (Lipinski definition) is 3. The molecule has 1 N–H and O–H groups in total. The van der Waals surface area contributed by atoms with Gasteiger partial charge in [-0.1, -0.05) is 5.92 Å². The van der Waals surface area contributed by atoms with E-state index in [1.807, 2.05) is 6.92 Å². The number of morpholine rings is 1. The minimum atomic E-state index is -0.225.